The minimum Gasteiger partial charge on any atom is -0.354 e. The number of rotatable bonds is 9. The quantitative estimate of drug-likeness (QED) is 0.136. The van der Waals surface area contributed by atoms with Crippen LogP contribution in [-0.2, 0) is 17.6 Å². The van der Waals surface area contributed by atoms with E-state index in [2.05, 4.69) is 20.6 Å². The van der Waals surface area contributed by atoms with E-state index in [-0.39, 0.29) is 11.6 Å². The second kappa shape index (κ2) is 10.7. The highest BCUT2D eigenvalue weighted by Gasteiger charge is 2.30. The van der Waals surface area contributed by atoms with Crippen LogP contribution in [0.25, 0.3) is 22.5 Å². The van der Waals surface area contributed by atoms with Crippen LogP contribution >= 0.6 is 0 Å². The van der Waals surface area contributed by atoms with Crippen LogP contribution in [0.3, 0.4) is 0 Å². The molecule has 5 rings (SSSR count). The van der Waals surface area contributed by atoms with E-state index in [1.54, 1.807) is 6.07 Å². The van der Waals surface area contributed by atoms with Crippen molar-refractivity contribution >= 4 is 34.2 Å². The average molecular weight is 509 g/mol. The van der Waals surface area contributed by atoms with Crippen LogP contribution in [0.5, 0.6) is 0 Å². The van der Waals surface area contributed by atoms with Crippen LogP contribution in [0.4, 0.5) is 17.1 Å². The van der Waals surface area contributed by atoms with Gasteiger partial charge in [-0.2, -0.15) is 0 Å². The van der Waals surface area contributed by atoms with E-state index in [1.807, 2.05) is 61.7 Å². The lowest BCUT2D eigenvalue weighted by Gasteiger charge is -2.16. The molecule has 0 radical (unpaired) electrons. The lowest BCUT2D eigenvalue weighted by Crippen LogP contribution is -2.10. The molecule has 0 unspecified atom stereocenters. The van der Waals surface area contributed by atoms with E-state index in [0.717, 1.165) is 53.2 Å². The number of nitrogens with two attached hydrogens (primary N) is 1. The molecule has 1 aromatic heterocycles. The van der Waals surface area contributed by atoms with Gasteiger partial charge in [0.1, 0.15) is 5.82 Å². The summed E-state index contributed by atoms with van der Waals surface area (Å²) >= 11 is 0. The molecule has 192 valence electrons. The molecule has 0 bridgehead atoms. The van der Waals surface area contributed by atoms with Crippen molar-refractivity contribution in [1.29, 1.82) is 0 Å². The van der Waals surface area contributed by atoms with Gasteiger partial charge in [-0.05, 0) is 48.7 Å². The molecule has 38 heavy (non-hydrogen) atoms. The van der Waals surface area contributed by atoms with Gasteiger partial charge in [-0.1, -0.05) is 43.3 Å². The van der Waals surface area contributed by atoms with Gasteiger partial charge in [0.25, 0.3) is 11.6 Å². The Bertz CT molecular complexity index is 1520. The fourth-order valence-electron chi connectivity index (χ4n) is 4.50. The third-order valence-electron chi connectivity index (χ3n) is 6.54. The predicted octanol–water partition coefficient (Wildman–Crippen LogP) is 5.37. The number of carbonyl (C=O) groups excluding carboxylic acids is 1. The summed E-state index contributed by atoms with van der Waals surface area (Å²) in [5, 5.41) is 17.7. The molecule has 1 aliphatic rings. The Morgan fingerprint density at radius 2 is 1.84 bits per heavy atom. The minimum absolute atomic E-state index is 0.0796. The number of amides is 1. The van der Waals surface area contributed by atoms with Gasteiger partial charge in [0.05, 0.1) is 21.9 Å². The number of benzene rings is 3. The van der Waals surface area contributed by atoms with Gasteiger partial charge < -0.3 is 21.4 Å². The Labute approximate surface area is 220 Å². The van der Waals surface area contributed by atoms with Crippen molar-refractivity contribution in [3.8, 4) is 11.3 Å². The minimum atomic E-state index is -0.461. The molecule has 0 atom stereocenters. The van der Waals surface area contributed by atoms with Crippen molar-refractivity contribution in [3.63, 3.8) is 0 Å². The van der Waals surface area contributed by atoms with Gasteiger partial charge in [0.2, 0.25) is 0 Å². The van der Waals surface area contributed by atoms with Crippen molar-refractivity contribution in [3.05, 3.63) is 106 Å². The molecule has 0 aliphatic carbocycles. The number of hydrogen-bond donors (Lipinski definition) is 4. The first-order chi connectivity index (χ1) is 18.5. The van der Waals surface area contributed by atoms with Crippen LogP contribution in [0, 0.1) is 10.1 Å². The Balaban J connectivity index is 1.56. The molecule has 5 N–H and O–H groups in total. The number of nitro benzene ring substituents is 1. The maximum Gasteiger partial charge on any atom is 0.270 e. The highest BCUT2D eigenvalue weighted by molar-refractivity contribution is 6.37. The number of nitrogens with one attached hydrogen (secondary N) is 3. The maximum atomic E-state index is 13.2. The molecule has 0 saturated heterocycles. The van der Waals surface area contributed by atoms with E-state index < -0.39 is 4.92 Å². The number of aryl methyl sites for hydroxylation is 2. The van der Waals surface area contributed by atoms with Crippen LogP contribution in [-0.4, -0.2) is 27.3 Å². The van der Waals surface area contributed by atoms with Gasteiger partial charge in [-0.15, -0.1) is 0 Å². The number of nitro groups is 1. The van der Waals surface area contributed by atoms with Gasteiger partial charge in [-0.3, -0.25) is 14.9 Å². The number of non-ortho nitro benzene ring substituents is 1. The molecular formula is C29H28N6O3. The first-order valence-electron chi connectivity index (χ1n) is 12.5. The number of anilines is 2. The van der Waals surface area contributed by atoms with E-state index in [0.29, 0.717) is 29.1 Å². The monoisotopic (exact) mass is 508 g/mol. The molecule has 9 nitrogen and oxygen atoms in total. The number of H-pyrrole nitrogens is 1. The maximum absolute atomic E-state index is 13.2. The lowest BCUT2D eigenvalue weighted by atomic mass is 9.98. The molecule has 0 saturated carbocycles. The third-order valence-corrected chi connectivity index (χ3v) is 6.54. The van der Waals surface area contributed by atoms with Crippen molar-refractivity contribution < 1.29 is 9.72 Å². The number of nitrogens with zero attached hydrogens (tertiary/aromatic N) is 2. The van der Waals surface area contributed by atoms with Gasteiger partial charge >= 0.3 is 0 Å². The second-order valence-corrected chi connectivity index (χ2v) is 9.07. The number of aromatic amines is 1. The molecule has 4 aromatic rings. The average Bonchev–Trinajstić information content (AvgIpc) is 3.55. The van der Waals surface area contributed by atoms with Gasteiger partial charge in [0.15, 0.2) is 0 Å². The summed E-state index contributed by atoms with van der Waals surface area (Å²) < 4.78 is 0. The molecular weight excluding hydrogens is 480 g/mol. The molecule has 0 fully saturated rings. The number of carbonyl (C=O) groups is 1. The van der Waals surface area contributed by atoms with Crippen molar-refractivity contribution in [2.75, 3.05) is 17.2 Å². The summed E-state index contributed by atoms with van der Waals surface area (Å²) in [6.07, 6.45) is 4.45. The largest absolute Gasteiger partial charge is 0.354 e. The van der Waals surface area contributed by atoms with Crippen LogP contribution in [0.1, 0.15) is 35.9 Å². The molecule has 9 heteroatoms. The number of fused-ring (bicyclic) bond motifs is 1. The zero-order valence-electron chi connectivity index (χ0n) is 21.0. The van der Waals surface area contributed by atoms with E-state index in [9.17, 15) is 14.9 Å². The third kappa shape index (κ3) is 5.05. The molecule has 3 aromatic carbocycles. The Morgan fingerprint density at radius 3 is 2.50 bits per heavy atom. The molecule has 1 aliphatic heterocycles. The Kier molecular flexibility index (Phi) is 7.01. The highest BCUT2D eigenvalue weighted by atomic mass is 16.6. The normalized spacial score (nSPS) is 13.7. The standard InChI is InChI=1S/C29H28N6O3/c1-2-26-31-17-25(33-26)19-9-11-21(12-10-19)32-28(20-7-5-18(6-8-20)4-3-15-30)27-23-16-22(35(37)38)13-14-24(23)34-29(27)36/h5-14,16-17,32H,2-4,15,30H2,1H3,(H,31,33)(H,34,36). The lowest BCUT2D eigenvalue weighted by molar-refractivity contribution is -0.384. The van der Waals surface area contributed by atoms with Crippen molar-refractivity contribution in [2.24, 2.45) is 5.73 Å². The fraction of sp³-hybridized carbons (Fsp3) is 0.172. The highest BCUT2D eigenvalue weighted by Crippen LogP contribution is 2.39. The van der Waals surface area contributed by atoms with Crippen molar-refractivity contribution in [1.82, 2.24) is 9.97 Å². The second-order valence-electron chi connectivity index (χ2n) is 9.07. The predicted molar refractivity (Wildman–Crippen MR) is 149 cm³/mol. The van der Waals surface area contributed by atoms with Crippen LogP contribution < -0.4 is 16.4 Å². The summed E-state index contributed by atoms with van der Waals surface area (Å²) in [4.78, 5) is 32.0. The van der Waals surface area contributed by atoms with Gasteiger partial charge in [0, 0.05) is 47.3 Å². The smallest absolute Gasteiger partial charge is 0.270 e. The fourth-order valence-corrected chi connectivity index (χ4v) is 4.50. The van der Waals surface area contributed by atoms with Gasteiger partial charge in [-0.25, -0.2) is 4.98 Å². The number of imidazole rings is 1. The first kappa shape index (κ1) is 24.9. The summed E-state index contributed by atoms with van der Waals surface area (Å²) in [5.74, 6) is 0.597. The number of aromatic nitrogens is 2. The summed E-state index contributed by atoms with van der Waals surface area (Å²) in [6, 6.07) is 20.1. The van der Waals surface area contributed by atoms with Crippen LogP contribution in [0.15, 0.2) is 72.9 Å². The zero-order valence-corrected chi connectivity index (χ0v) is 21.0. The zero-order chi connectivity index (χ0) is 26.6. The van der Waals surface area contributed by atoms with E-state index >= 15 is 0 Å². The molecule has 1 amide bonds. The topological polar surface area (TPSA) is 139 Å². The molecule has 0 spiro atoms. The van der Waals surface area contributed by atoms with E-state index in [1.165, 1.54) is 12.1 Å². The van der Waals surface area contributed by atoms with Crippen molar-refractivity contribution in [2.45, 2.75) is 26.2 Å². The summed E-state index contributed by atoms with van der Waals surface area (Å²) in [5.41, 5.74) is 12.0. The Morgan fingerprint density at radius 1 is 1.08 bits per heavy atom. The Hall–Kier alpha value is -4.76. The number of hydrogen-bond acceptors (Lipinski definition) is 6. The molecule has 2 heterocycles. The summed E-state index contributed by atoms with van der Waals surface area (Å²) in [6.45, 7) is 2.66. The first-order valence-corrected chi connectivity index (χ1v) is 12.5. The van der Waals surface area contributed by atoms with E-state index in [4.69, 9.17) is 5.73 Å². The summed E-state index contributed by atoms with van der Waals surface area (Å²) in [7, 11) is 0. The van der Waals surface area contributed by atoms with Crippen LogP contribution in [0.2, 0.25) is 0 Å². The SMILES string of the molecule is CCc1nc(-c2ccc(NC(=C3C(=O)Nc4ccc([N+](=O)[O-])cc43)c3ccc(CCCN)cc3)cc2)c[nH]1.